The normalized spacial score (nSPS) is 11.6. The molecule has 0 heterocycles. The minimum atomic E-state index is -0.538. The van der Waals surface area contributed by atoms with Gasteiger partial charge < -0.3 is 10.1 Å². The molecule has 0 bridgehead atoms. The summed E-state index contributed by atoms with van der Waals surface area (Å²) in [6.07, 6.45) is 0.0379. The van der Waals surface area contributed by atoms with E-state index >= 15 is 0 Å². The smallest absolute Gasteiger partial charge is 0.307 e. The fourth-order valence-corrected chi connectivity index (χ4v) is 1.64. The van der Waals surface area contributed by atoms with E-state index in [0.717, 1.165) is 0 Å². The molecule has 0 aliphatic carbocycles. The molecular formula is C13H16N2O5. The molecule has 1 atom stereocenters. The fourth-order valence-electron chi connectivity index (χ4n) is 1.64. The standard InChI is InChI=1S/C13H16N2O5/c1-8-4-5-10(7-11(8)15(18)19)13(17)14-9(2)6-12(16)20-3/h4-5,7,9H,6H2,1-3H3,(H,14,17). The zero-order valence-corrected chi connectivity index (χ0v) is 11.5. The Kier molecular flexibility index (Phi) is 5.19. The van der Waals surface area contributed by atoms with E-state index in [9.17, 15) is 19.7 Å². The first-order chi connectivity index (χ1) is 9.35. The second-order valence-electron chi connectivity index (χ2n) is 4.41. The third-order valence-corrected chi connectivity index (χ3v) is 2.75. The number of amides is 1. The van der Waals surface area contributed by atoms with E-state index in [1.165, 1.54) is 25.3 Å². The van der Waals surface area contributed by atoms with Crippen LogP contribution in [0.25, 0.3) is 0 Å². The Bertz CT molecular complexity index is 542. The second-order valence-corrected chi connectivity index (χ2v) is 4.41. The number of carbonyl (C=O) groups excluding carboxylic acids is 2. The first-order valence-corrected chi connectivity index (χ1v) is 5.98. The highest BCUT2D eigenvalue weighted by Crippen LogP contribution is 2.19. The number of nitro groups is 1. The molecule has 0 aliphatic heterocycles. The van der Waals surface area contributed by atoms with Gasteiger partial charge in [-0.05, 0) is 19.9 Å². The van der Waals surface area contributed by atoms with E-state index in [1.807, 2.05) is 0 Å². The summed E-state index contributed by atoms with van der Waals surface area (Å²) in [5.74, 6) is -0.905. The van der Waals surface area contributed by atoms with Crippen molar-refractivity contribution in [2.45, 2.75) is 26.3 Å². The van der Waals surface area contributed by atoms with Crippen LogP contribution in [0.2, 0.25) is 0 Å². The molecular weight excluding hydrogens is 264 g/mol. The SMILES string of the molecule is COC(=O)CC(C)NC(=O)c1ccc(C)c([N+](=O)[O-])c1. The van der Waals surface area contributed by atoms with E-state index < -0.39 is 22.8 Å². The van der Waals surface area contributed by atoms with Crippen LogP contribution in [-0.2, 0) is 9.53 Å². The predicted molar refractivity (Wildman–Crippen MR) is 71.4 cm³/mol. The topological polar surface area (TPSA) is 98.5 Å². The Morgan fingerprint density at radius 1 is 1.45 bits per heavy atom. The van der Waals surface area contributed by atoms with E-state index in [4.69, 9.17) is 0 Å². The molecule has 7 nitrogen and oxygen atoms in total. The number of hydrogen-bond donors (Lipinski definition) is 1. The number of esters is 1. The molecule has 0 spiro atoms. The number of carbonyl (C=O) groups is 2. The van der Waals surface area contributed by atoms with Crippen LogP contribution in [0.1, 0.15) is 29.3 Å². The minimum Gasteiger partial charge on any atom is -0.469 e. The van der Waals surface area contributed by atoms with Gasteiger partial charge >= 0.3 is 5.97 Å². The number of aryl methyl sites for hydroxylation is 1. The first kappa shape index (κ1) is 15.6. The van der Waals surface area contributed by atoms with Crippen molar-refractivity contribution in [2.75, 3.05) is 7.11 Å². The molecule has 1 N–H and O–H groups in total. The van der Waals surface area contributed by atoms with Crippen LogP contribution in [0.5, 0.6) is 0 Å². The van der Waals surface area contributed by atoms with Gasteiger partial charge in [0, 0.05) is 23.2 Å². The van der Waals surface area contributed by atoms with E-state index in [0.29, 0.717) is 5.56 Å². The number of methoxy groups -OCH3 is 1. The number of rotatable bonds is 5. The highest BCUT2D eigenvalue weighted by molar-refractivity contribution is 5.95. The number of benzene rings is 1. The molecule has 1 unspecified atom stereocenters. The van der Waals surface area contributed by atoms with Crippen molar-refractivity contribution in [3.8, 4) is 0 Å². The highest BCUT2D eigenvalue weighted by Gasteiger charge is 2.17. The Morgan fingerprint density at radius 3 is 2.65 bits per heavy atom. The lowest BCUT2D eigenvalue weighted by Gasteiger charge is -2.12. The third-order valence-electron chi connectivity index (χ3n) is 2.75. The number of hydrogen-bond acceptors (Lipinski definition) is 5. The Labute approximate surface area is 116 Å². The lowest BCUT2D eigenvalue weighted by Crippen LogP contribution is -2.34. The molecule has 108 valence electrons. The van der Waals surface area contributed by atoms with Crippen LogP contribution in [-0.4, -0.2) is 30.0 Å². The summed E-state index contributed by atoms with van der Waals surface area (Å²) in [5, 5.41) is 13.4. The molecule has 0 saturated carbocycles. The average Bonchev–Trinajstić information content (AvgIpc) is 2.38. The monoisotopic (exact) mass is 280 g/mol. The van der Waals surface area contributed by atoms with Crippen molar-refractivity contribution in [3.05, 3.63) is 39.4 Å². The Balaban J connectivity index is 2.80. The fraction of sp³-hybridized carbons (Fsp3) is 0.385. The summed E-state index contributed by atoms with van der Waals surface area (Å²) in [5.41, 5.74) is 0.548. The molecule has 1 amide bonds. The zero-order valence-electron chi connectivity index (χ0n) is 11.5. The van der Waals surface area contributed by atoms with Gasteiger partial charge in [-0.1, -0.05) is 6.07 Å². The number of nitro benzene ring substituents is 1. The summed E-state index contributed by atoms with van der Waals surface area (Å²) < 4.78 is 4.49. The molecule has 0 aromatic heterocycles. The number of nitrogens with zero attached hydrogens (tertiary/aromatic N) is 1. The lowest BCUT2D eigenvalue weighted by molar-refractivity contribution is -0.385. The van der Waals surface area contributed by atoms with Gasteiger partial charge in [-0.2, -0.15) is 0 Å². The summed E-state index contributed by atoms with van der Waals surface area (Å²) >= 11 is 0. The van der Waals surface area contributed by atoms with Gasteiger partial charge in [0.2, 0.25) is 0 Å². The summed E-state index contributed by atoms with van der Waals surface area (Å²) in [4.78, 5) is 33.3. The van der Waals surface area contributed by atoms with Gasteiger partial charge in [-0.15, -0.1) is 0 Å². The molecule has 1 aromatic rings. The van der Waals surface area contributed by atoms with E-state index in [-0.39, 0.29) is 17.7 Å². The van der Waals surface area contributed by atoms with Crippen LogP contribution in [0.3, 0.4) is 0 Å². The predicted octanol–water partition coefficient (Wildman–Crippen LogP) is 1.58. The maximum Gasteiger partial charge on any atom is 0.307 e. The van der Waals surface area contributed by atoms with Crippen molar-refractivity contribution in [2.24, 2.45) is 0 Å². The van der Waals surface area contributed by atoms with E-state index in [2.05, 4.69) is 10.1 Å². The van der Waals surface area contributed by atoms with Crippen LogP contribution in [0.15, 0.2) is 18.2 Å². The molecule has 1 rings (SSSR count). The van der Waals surface area contributed by atoms with Crippen molar-refractivity contribution < 1.29 is 19.2 Å². The van der Waals surface area contributed by atoms with Gasteiger partial charge in [-0.25, -0.2) is 0 Å². The average molecular weight is 280 g/mol. The quantitative estimate of drug-likeness (QED) is 0.501. The van der Waals surface area contributed by atoms with Crippen LogP contribution in [0, 0.1) is 17.0 Å². The number of ether oxygens (including phenoxy) is 1. The Hall–Kier alpha value is -2.44. The van der Waals surface area contributed by atoms with Crippen molar-refractivity contribution >= 4 is 17.6 Å². The van der Waals surface area contributed by atoms with Gasteiger partial charge in [0.25, 0.3) is 11.6 Å². The van der Waals surface area contributed by atoms with E-state index in [1.54, 1.807) is 13.8 Å². The molecule has 0 fully saturated rings. The van der Waals surface area contributed by atoms with Gasteiger partial charge in [-0.3, -0.25) is 19.7 Å². The first-order valence-electron chi connectivity index (χ1n) is 5.98. The lowest BCUT2D eigenvalue weighted by atomic mass is 10.1. The largest absolute Gasteiger partial charge is 0.469 e. The highest BCUT2D eigenvalue weighted by atomic mass is 16.6. The van der Waals surface area contributed by atoms with Crippen LogP contribution in [0.4, 0.5) is 5.69 Å². The molecule has 7 heteroatoms. The summed E-state index contributed by atoms with van der Waals surface area (Å²) in [6.45, 7) is 3.25. The van der Waals surface area contributed by atoms with Crippen molar-refractivity contribution in [3.63, 3.8) is 0 Å². The molecule has 0 aliphatic rings. The summed E-state index contributed by atoms with van der Waals surface area (Å²) in [7, 11) is 1.26. The minimum absolute atomic E-state index is 0.0379. The summed E-state index contributed by atoms with van der Waals surface area (Å²) in [6, 6.07) is 3.81. The van der Waals surface area contributed by atoms with Gasteiger partial charge in [0.05, 0.1) is 18.5 Å². The van der Waals surface area contributed by atoms with Crippen molar-refractivity contribution in [1.82, 2.24) is 5.32 Å². The van der Waals surface area contributed by atoms with Crippen molar-refractivity contribution in [1.29, 1.82) is 0 Å². The number of nitrogens with one attached hydrogen (secondary N) is 1. The van der Waals surface area contributed by atoms with Gasteiger partial charge in [0.15, 0.2) is 0 Å². The molecule has 20 heavy (non-hydrogen) atoms. The maximum absolute atomic E-state index is 11.9. The second kappa shape index (κ2) is 6.65. The zero-order chi connectivity index (χ0) is 15.3. The third kappa shape index (κ3) is 4.04. The van der Waals surface area contributed by atoms with Crippen LogP contribution < -0.4 is 5.32 Å². The molecule has 0 saturated heterocycles. The van der Waals surface area contributed by atoms with Gasteiger partial charge in [0.1, 0.15) is 0 Å². The Morgan fingerprint density at radius 2 is 2.10 bits per heavy atom. The van der Waals surface area contributed by atoms with Crippen LogP contribution >= 0.6 is 0 Å². The molecule has 0 radical (unpaired) electrons. The molecule has 1 aromatic carbocycles. The maximum atomic E-state index is 11.9.